The van der Waals surface area contributed by atoms with Crippen LogP contribution in [-0.4, -0.2) is 22.6 Å². The number of carbonyl (C=O) groups is 1. The van der Waals surface area contributed by atoms with Gasteiger partial charge in [0.05, 0.1) is 5.69 Å². The number of nitrogens with zero attached hydrogens (tertiary/aromatic N) is 1. The van der Waals surface area contributed by atoms with E-state index in [1.807, 2.05) is 0 Å². The maximum Gasteiger partial charge on any atom is 0.333 e. The SMILES string of the molecule is O=C(c1cc(S(=O)(=O)F)cn1CC1CCCCC1)C(Cl)(Cl)Cl. The number of hydrogen-bond acceptors (Lipinski definition) is 3. The van der Waals surface area contributed by atoms with Crippen molar-refractivity contribution in [1.82, 2.24) is 4.57 Å². The Bertz CT molecular complexity index is 661. The van der Waals surface area contributed by atoms with Gasteiger partial charge in [-0.05, 0) is 24.8 Å². The third kappa shape index (κ3) is 4.37. The first kappa shape index (κ1) is 18.0. The molecule has 0 N–H and O–H groups in total. The van der Waals surface area contributed by atoms with Crippen molar-refractivity contribution in [3.8, 4) is 0 Å². The molecule has 0 aromatic carbocycles. The maximum atomic E-state index is 13.2. The normalized spacial score (nSPS) is 17.6. The molecule has 1 saturated carbocycles. The van der Waals surface area contributed by atoms with E-state index in [2.05, 4.69) is 0 Å². The van der Waals surface area contributed by atoms with Crippen molar-refractivity contribution in [1.29, 1.82) is 0 Å². The van der Waals surface area contributed by atoms with E-state index in [1.165, 1.54) is 4.57 Å². The largest absolute Gasteiger partial charge is 0.343 e. The van der Waals surface area contributed by atoms with Gasteiger partial charge in [0, 0.05) is 12.7 Å². The lowest BCUT2D eigenvalue weighted by Gasteiger charge is -2.23. The van der Waals surface area contributed by atoms with Gasteiger partial charge in [-0.1, -0.05) is 54.1 Å². The zero-order valence-corrected chi connectivity index (χ0v) is 14.7. The van der Waals surface area contributed by atoms with Crippen LogP contribution >= 0.6 is 34.8 Å². The predicted octanol–water partition coefficient (Wildman–Crippen LogP) is 4.28. The molecule has 0 atom stereocenters. The van der Waals surface area contributed by atoms with Crippen molar-refractivity contribution >= 4 is 50.8 Å². The van der Waals surface area contributed by atoms with Gasteiger partial charge in [0.15, 0.2) is 0 Å². The Balaban J connectivity index is 2.37. The molecule has 0 amide bonds. The van der Waals surface area contributed by atoms with Gasteiger partial charge in [-0.15, -0.1) is 3.89 Å². The highest BCUT2D eigenvalue weighted by molar-refractivity contribution is 7.86. The Morgan fingerprint density at radius 2 is 1.86 bits per heavy atom. The molecule has 1 aromatic rings. The average Bonchev–Trinajstić information content (AvgIpc) is 2.81. The monoisotopic (exact) mass is 389 g/mol. The van der Waals surface area contributed by atoms with Gasteiger partial charge in [-0.25, -0.2) is 0 Å². The van der Waals surface area contributed by atoms with Crippen LogP contribution in [0.1, 0.15) is 42.6 Å². The zero-order valence-electron chi connectivity index (χ0n) is 11.6. The molecule has 0 bridgehead atoms. The van der Waals surface area contributed by atoms with Crippen molar-refractivity contribution < 1.29 is 17.1 Å². The van der Waals surface area contributed by atoms with Gasteiger partial charge in [0.2, 0.25) is 5.78 Å². The van der Waals surface area contributed by atoms with Crippen molar-refractivity contribution in [2.24, 2.45) is 5.92 Å². The molecule has 0 unspecified atom stereocenters. The minimum absolute atomic E-state index is 0.109. The standard InChI is InChI=1S/C13H15Cl3FNO3S/c14-13(15,16)12(19)11-6-10(22(17,20)21)8-18(11)7-9-4-2-1-3-5-9/h6,8-9H,1-5,7H2. The van der Waals surface area contributed by atoms with Crippen LogP contribution in [0.5, 0.6) is 0 Å². The topological polar surface area (TPSA) is 56.1 Å². The van der Waals surface area contributed by atoms with Crippen LogP contribution in [-0.2, 0) is 16.8 Å². The number of alkyl halides is 3. The third-order valence-electron chi connectivity index (χ3n) is 3.82. The summed E-state index contributed by atoms with van der Waals surface area (Å²) < 4.78 is 34.5. The second-order valence-electron chi connectivity index (χ2n) is 5.48. The van der Waals surface area contributed by atoms with Gasteiger partial charge < -0.3 is 4.57 Å². The van der Waals surface area contributed by atoms with Crippen LogP contribution in [0.4, 0.5) is 3.89 Å². The van der Waals surface area contributed by atoms with Crippen LogP contribution in [0.15, 0.2) is 17.2 Å². The highest BCUT2D eigenvalue weighted by Gasteiger charge is 2.35. The fourth-order valence-electron chi connectivity index (χ4n) is 2.75. The number of aromatic nitrogens is 1. The first-order valence-electron chi connectivity index (χ1n) is 6.85. The molecule has 124 valence electrons. The van der Waals surface area contributed by atoms with Crippen molar-refractivity contribution in [2.75, 3.05) is 0 Å². The summed E-state index contributed by atoms with van der Waals surface area (Å²) >= 11 is 16.7. The smallest absolute Gasteiger partial charge is 0.333 e. The van der Waals surface area contributed by atoms with E-state index in [1.54, 1.807) is 0 Å². The van der Waals surface area contributed by atoms with Gasteiger partial charge >= 0.3 is 10.2 Å². The van der Waals surface area contributed by atoms with Crippen LogP contribution in [0.2, 0.25) is 0 Å². The summed E-state index contributed by atoms with van der Waals surface area (Å²) in [5.41, 5.74) is -0.109. The van der Waals surface area contributed by atoms with E-state index in [4.69, 9.17) is 34.8 Å². The first-order valence-corrected chi connectivity index (χ1v) is 9.37. The summed E-state index contributed by atoms with van der Waals surface area (Å²) in [5, 5.41) is 0. The minimum atomic E-state index is -4.93. The van der Waals surface area contributed by atoms with E-state index < -0.39 is 24.7 Å². The van der Waals surface area contributed by atoms with Crippen molar-refractivity contribution in [3.63, 3.8) is 0 Å². The molecular formula is C13H15Cl3FNO3S. The Morgan fingerprint density at radius 1 is 1.27 bits per heavy atom. The summed E-state index contributed by atoms with van der Waals surface area (Å²) in [6, 6.07) is 0.919. The summed E-state index contributed by atoms with van der Waals surface area (Å²) in [6.07, 6.45) is 6.34. The lowest BCUT2D eigenvalue weighted by molar-refractivity contribution is 0.0986. The Hall–Kier alpha value is -0.300. The van der Waals surface area contributed by atoms with Gasteiger partial charge in [-0.2, -0.15) is 8.42 Å². The minimum Gasteiger partial charge on any atom is -0.343 e. The summed E-state index contributed by atoms with van der Waals surface area (Å²) in [6.45, 7) is 0.400. The summed E-state index contributed by atoms with van der Waals surface area (Å²) in [5.74, 6) is -0.582. The molecule has 0 aliphatic heterocycles. The molecule has 0 saturated heterocycles. The second kappa shape index (κ2) is 6.67. The Morgan fingerprint density at radius 3 is 2.36 bits per heavy atom. The van der Waals surface area contributed by atoms with Crippen molar-refractivity contribution in [2.45, 2.75) is 47.3 Å². The van der Waals surface area contributed by atoms with E-state index >= 15 is 0 Å². The van der Waals surface area contributed by atoms with Gasteiger partial charge in [-0.3, -0.25) is 4.79 Å². The number of carbonyl (C=O) groups excluding carboxylic acids is 1. The van der Waals surface area contributed by atoms with E-state index in [0.717, 1.165) is 44.4 Å². The predicted molar refractivity (Wildman–Crippen MR) is 83.9 cm³/mol. The van der Waals surface area contributed by atoms with Gasteiger partial charge in [0.25, 0.3) is 3.79 Å². The fraction of sp³-hybridized carbons (Fsp3) is 0.615. The molecule has 0 spiro atoms. The van der Waals surface area contributed by atoms with E-state index in [9.17, 15) is 17.1 Å². The van der Waals surface area contributed by atoms with E-state index in [0.29, 0.717) is 12.5 Å². The van der Waals surface area contributed by atoms with Crippen LogP contribution < -0.4 is 0 Å². The molecule has 1 aromatic heterocycles. The Labute approximate surface area is 143 Å². The molecule has 1 aliphatic rings. The molecule has 2 rings (SSSR count). The number of hydrogen-bond donors (Lipinski definition) is 0. The van der Waals surface area contributed by atoms with Crippen LogP contribution in [0.25, 0.3) is 0 Å². The molecule has 9 heteroatoms. The third-order valence-corrected chi connectivity index (χ3v) is 5.12. The summed E-state index contributed by atoms with van der Waals surface area (Å²) in [7, 11) is -4.93. The Kier molecular flexibility index (Phi) is 5.47. The lowest BCUT2D eigenvalue weighted by Crippen LogP contribution is -2.24. The average molecular weight is 391 g/mol. The molecule has 1 aliphatic carbocycles. The number of Topliss-reactive ketones (excluding diaryl/α,β-unsaturated/α-hetero) is 1. The van der Waals surface area contributed by atoms with E-state index in [-0.39, 0.29) is 5.69 Å². The number of ketones is 1. The first-order chi connectivity index (χ1) is 10.1. The second-order valence-corrected chi connectivity index (χ2v) is 9.11. The maximum absolute atomic E-state index is 13.2. The molecule has 1 fully saturated rings. The van der Waals surface area contributed by atoms with Crippen molar-refractivity contribution in [3.05, 3.63) is 18.0 Å². The van der Waals surface area contributed by atoms with Crippen LogP contribution in [0, 0.1) is 5.92 Å². The highest BCUT2D eigenvalue weighted by Crippen LogP contribution is 2.33. The molecule has 1 heterocycles. The number of halogens is 4. The van der Waals surface area contributed by atoms with Crippen LogP contribution in [0.3, 0.4) is 0 Å². The molecular weight excluding hydrogens is 376 g/mol. The lowest BCUT2D eigenvalue weighted by atomic mass is 9.89. The summed E-state index contributed by atoms with van der Waals surface area (Å²) in [4.78, 5) is 11.5. The molecule has 4 nitrogen and oxygen atoms in total. The quantitative estimate of drug-likeness (QED) is 0.438. The zero-order chi connectivity index (χ0) is 16.5. The molecule has 22 heavy (non-hydrogen) atoms. The van der Waals surface area contributed by atoms with Gasteiger partial charge in [0.1, 0.15) is 4.90 Å². The molecule has 0 radical (unpaired) electrons. The highest BCUT2D eigenvalue weighted by atomic mass is 35.6. The fourth-order valence-corrected chi connectivity index (χ4v) is 3.55. The number of rotatable bonds is 4.